The zero-order valence-electron chi connectivity index (χ0n) is 28.4. The van der Waals surface area contributed by atoms with E-state index in [1.54, 1.807) is 11.3 Å². The standard InChI is InChI=1S/C49H28N2S2/c1-50-41-23-22-35(34-21-26-46-40(29-34)36-15-8-9-18-45(36)52-46)47-37-16-10-17-44(48(37)53-49(41)47)51-42-24-19-32(30-11-4-2-5-12-30)27-38(42)39-28-33(20-25-43(39)51)31-13-6-3-7-14-31/h2-29H. The summed E-state index contributed by atoms with van der Waals surface area (Å²) in [5.74, 6) is 0. The molecule has 0 unspecified atom stereocenters. The van der Waals surface area contributed by atoms with E-state index in [-0.39, 0.29) is 0 Å². The van der Waals surface area contributed by atoms with Crippen molar-refractivity contribution in [1.29, 1.82) is 0 Å². The molecular weight excluding hydrogens is 681 g/mol. The van der Waals surface area contributed by atoms with Crippen molar-refractivity contribution in [3.05, 3.63) is 181 Å². The van der Waals surface area contributed by atoms with E-state index in [1.807, 2.05) is 17.4 Å². The van der Waals surface area contributed by atoms with Crippen molar-refractivity contribution in [3.8, 4) is 39.1 Å². The van der Waals surface area contributed by atoms with Crippen molar-refractivity contribution in [3.63, 3.8) is 0 Å². The maximum atomic E-state index is 8.17. The minimum Gasteiger partial charge on any atom is -0.308 e. The smallest absolute Gasteiger partial charge is 0.204 e. The minimum atomic E-state index is 0.695. The fourth-order valence-corrected chi connectivity index (χ4v) is 10.5. The topological polar surface area (TPSA) is 9.29 Å². The monoisotopic (exact) mass is 708 g/mol. The van der Waals surface area contributed by atoms with Crippen LogP contribution >= 0.6 is 22.7 Å². The number of nitrogens with zero attached hydrogens (tertiary/aromatic N) is 2. The van der Waals surface area contributed by atoms with Gasteiger partial charge in [-0.15, -0.1) is 22.7 Å². The molecular formula is C49H28N2S2. The Morgan fingerprint density at radius 2 is 1.02 bits per heavy atom. The molecule has 11 rings (SSSR count). The van der Waals surface area contributed by atoms with Crippen LogP contribution in [0.3, 0.4) is 0 Å². The van der Waals surface area contributed by atoms with Crippen LogP contribution in [0.15, 0.2) is 170 Å². The highest BCUT2D eigenvalue weighted by Gasteiger charge is 2.21. The summed E-state index contributed by atoms with van der Waals surface area (Å²) in [6.45, 7) is 8.17. The molecule has 8 aromatic carbocycles. The molecule has 2 nitrogen and oxygen atoms in total. The molecule has 246 valence electrons. The Bertz CT molecular complexity index is 3190. The number of aromatic nitrogens is 1. The zero-order chi connectivity index (χ0) is 35.0. The van der Waals surface area contributed by atoms with E-state index in [0.29, 0.717) is 5.69 Å². The van der Waals surface area contributed by atoms with Crippen molar-refractivity contribution in [2.24, 2.45) is 0 Å². The van der Waals surface area contributed by atoms with E-state index < -0.39 is 0 Å². The second-order valence-electron chi connectivity index (χ2n) is 13.5. The summed E-state index contributed by atoms with van der Waals surface area (Å²) in [5.41, 5.74) is 11.3. The van der Waals surface area contributed by atoms with Crippen LogP contribution in [0.5, 0.6) is 0 Å². The average Bonchev–Trinajstić information content (AvgIpc) is 3.90. The van der Waals surface area contributed by atoms with Gasteiger partial charge in [-0.1, -0.05) is 121 Å². The average molecular weight is 709 g/mol. The molecule has 0 bridgehead atoms. The molecule has 0 radical (unpaired) electrons. The van der Waals surface area contributed by atoms with Crippen LogP contribution in [0.1, 0.15) is 0 Å². The zero-order valence-corrected chi connectivity index (χ0v) is 30.0. The predicted octanol–water partition coefficient (Wildman–Crippen LogP) is 15.1. The highest BCUT2D eigenvalue weighted by molar-refractivity contribution is 7.27. The lowest BCUT2D eigenvalue weighted by Gasteiger charge is -2.11. The normalized spacial score (nSPS) is 11.8. The summed E-state index contributed by atoms with van der Waals surface area (Å²) in [4.78, 5) is 4.04. The second kappa shape index (κ2) is 11.8. The Morgan fingerprint density at radius 3 is 1.72 bits per heavy atom. The van der Waals surface area contributed by atoms with E-state index in [1.165, 1.54) is 68.8 Å². The van der Waals surface area contributed by atoms with Gasteiger partial charge in [0.05, 0.1) is 28.0 Å². The fourth-order valence-electron chi connectivity index (χ4n) is 8.17. The largest absolute Gasteiger partial charge is 0.308 e. The summed E-state index contributed by atoms with van der Waals surface area (Å²) in [7, 11) is 0. The molecule has 0 amide bonds. The van der Waals surface area contributed by atoms with Gasteiger partial charge < -0.3 is 4.57 Å². The molecule has 0 aliphatic heterocycles. The number of fused-ring (bicyclic) bond motifs is 9. The highest BCUT2D eigenvalue weighted by Crippen LogP contribution is 2.48. The van der Waals surface area contributed by atoms with Crippen molar-refractivity contribution in [1.82, 2.24) is 4.57 Å². The first-order chi connectivity index (χ1) is 26.2. The van der Waals surface area contributed by atoms with Gasteiger partial charge in [0.25, 0.3) is 0 Å². The number of thiophene rings is 2. The van der Waals surface area contributed by atoms with E-state index >= 15 is 0 Å². The van der Waals surface area contributed by atoms with Crippen LogP contribution in [0.25, 0.3) is 106 Å². The molecule has 3 heterocycles. The third kappa shape index (κ3) is 4.62. The molecule has 0 fully saturated rings. The lowest BCUT2D eigenvalue weighted by molar-refractivity contribution is 1.20. The Kier molecular flexibility index (Phi) is 6.69. The summed E-state index contributed by atoms with van der Waals surface area (Å²) in [6, 6.07) is 61.4. The second-order valence-corrected chi connectivity index (χ2v) is 15.6. The lowest BCUT2D eigenvalue weighted by Crippen LogP contribution is -1.94. The fraction of sp³-hybridized carbons (Fsp3) is 0. The Labute approximate surface area is 313 Å². The van der Waals surface area contributed by atoms with Gasteiger partial charge in [-0.3, -0.25) is 0 Å². The van der Waals surface area contributed by atoms with Crippen molar-refractivity contribution < 1.29 is 0 Å². The number of benzene rings is 8. The molecule has 11 aromatic rings. The SMILES string of the molecule is [C-]#[N+]c1ccc(-c2ccc3sc4ccccc4c3c2)c2c1sc1c(-n3c4ccc(-c5ccccc5)cc4c4cc(-c5ccccc5)ccc43)cccc12. The molecule has 0 saturated carbocycles. The molecule has 0 aliphatic carbocycles. The first-order valence-electron chi connectivity index (χ1n) is 17.7. The summed E-state index contributed by atoms with van der Waals surface area (Å²) in [5, 5.41) is 7.33. The van der Waals surface area contributed by atoms with E-state index in [0.717, 1.165) is 32.4 Å². The molecule has 3 aromatic heterocycles. The number of hydrogen-bond donors (Lipinski definition) is 0. The van der Waals surface area contributed by atoms with E-state index in [4.69, 9.17) is 6.57 Å². The summed E-state index contributed by atoms with van der Waals surface area (Å²) in [6.07, 6.45) is 0. The first kappa shape index (κ1) is 30.1. The molecule has 0 spiro atoms. The van der Waals surface area contributed by atoms with Gasteiger partial charge in [-0.25, -0.2) is 4.85 Å². The van der Waals surface area contributed by atoms with Gasteiger partial charge in [0.2, 0.25) is 5.69 Å². The van der Waals surface area contributed by atoms with Gasteiger partial charge >= 0.3 is 0 Å². The maximum absolute atomic E-state index is 8.17. The number of hydrogen-bond acceptors (Lipinski definition) is 2. The van der Waals surface area contributed by atoms with Crippen LogP contribution < -0.4 is 0 Å². The van der Waals surface area contributed by atoms with Crippen LogP contribution in [-0.2, 0) is 0 Å². The van der Waals surface area contributed by atoms with Gasteiger partial charge in [0, 0.05) is 41.0 Å². The van der Waals surface area contributed by atoms with Crippen LogP contribution in [0.4, 0.5) is 5.69 Å². The van der Waals surface area contributed by atoms with Crippen LogP contribution in [-0.4, -0.2) is 4.57 Å². The Hall–Kier alpha value is -6.51. The third-order valence-corrected chi connectivity index (χ3v) is 13.0. The van der Waals surface area contributed by atoms with Gasteiger partial charge in [-0.05, 0) is 87.3 Å². The maximum Gasteiger partial charge on any atom is 0.204 e. The molecule has 0 saturated heterocycles. The van der Waals surface area contributed by atoms with E-state index in [9.17, 15) is 0 Å². The third-order valence-electron chi connectivity index (χ3n) is 10.6. The summed E-state index contributed by atoms with van der Waals surface area (Å²) >= 11 is 3.58. The van der Waals surface area contributed by atoms with Crippen molar-refractivity contribution in [2.75, 3.05) is 0 Å². The lowest BCUT2D eigenvalue weighted by atomic mass is 9.97. The van der Waals surface area contributed by atoms with Crippen LogP contribution in [0, 0.1) is 6.57 Å². The molecule has 0 aliphatic rings. The molecule has 53 heavy (non-hydrogen) atoms. The molecule has 4 heteroatoms. The molecule has 0 N–H and O–H groups in total. The minimum absolute atomic E-state index is 0.695. The first-order valence-corrected chi connectivity index (χ1v) is 19.3. The Morgan fingerprint density at radius 1 is 0.415 bits per heavy atom. The quantitative estimate of drug-likeness (QED) is 0.161. The van der Waals surface area contributed by atoms with Crippen molar-refractivity contribution in [2.45, 2.75) is 0 Å². The Balaban J connectivity index is 1.19. The van der Waals surface area contributed by atoms with Gasteiger partial charge in [0.1, 0.15) is 0 Å². The number of rotatable bonds is 4. The van der Waals surface area contributed by atoms with E-state index in [2.05, 4.69) is 173 Å². The van der Waals surface area contributed by atoms with Crippen LogP contribution in [0.2, 0.25) is 0 Å². The molecule has 0 atom stereocenters. The van der Waals surface area contributed by atoms with Gasteiger partial charge in [0.15, 0.2) is 0 Å². The van der Waals surface area contributed by atoms with Crippen molar-refractivity contribution >= 4 is 90.5 Å². The predicted molar refractivity (Wildman–Crippen MR) is 229 cm³/mol. The highest BCUT2D eigenvalue weighted by atomic mass is 32.1. The summed E-state index contributed by atoms with van der Waals surface area (Å²) < 4.78 is 7.25. The van der Waals surface area contributed by atoms with Gasteiger partial charge in [-0.2, -0.15) is 0 Å².